The number of fused-ring (bicyclic) bond motifs is 2. The first-order valence-electron chi connectivity index (χ1n) is 7.26. The van der Waals surface area contributed by atoms with Gasteiger partial charge in [-0.2, -0.15) is 0 Å². The molecule has 2 heteroatoms. The van der Waals surface area contributed by atoms with Gasteiger partial charge in [-0.05, 0) is 43.2 Å². The van der Waals surface area contributed by atoms with E-state index in [4.69, 9.17) is 4.42 Å². The summed E-state index contributed by atoms with van der Waals surface area (Å²) < 4.78 is 5.79. The lowest BCUT2D eigenvalue weighted by Crippen LogP contribution is -2.18. The Kier molecular flexibility index (Phi) is 2.64. The Bertz CT molecular complexity index is 816. The lowest BCUT2D eigenvalue weighted by atomic mass is 9.98. The average Bonchev–Trinajstić information content (AvgIpc) is 2.93. The topological polar surface area (TPSA) is 16.4 Å². The smallest absolute Gasteiger partial charge is 0.207 e. The van der Waals surface area contributed by atoms with Crippen molar-refractivity contribution in [2.75, 3.05) is 4.90 Å². The summed E-state index contributed by atoms with van der Waals surface area (Å²) in [5.41, 5.74) is 7.52. The molecule has 2 heterocycles. The Balaban J connectivity index is 1.97. The molecule has 0 saturated carbocycles. The second-order valence-corrected chi connectivity index (χ2v) is 5.68. The number of aryl methyl sites for hydroxylation is 2. The zero-order chi connectivity index (χ0) is 14.4. The maximum absolute atomic E-state index is 5.79. The SMILES string of the molecule is Cc1ccc(N2c3ccccc3Cc3ccoc32)c(C)c1. The highest BCUT2D eigenvalue weighted by molar-refractivity contribution is 5.82. The summed E-state index contributed by atoms with van der Waals surface area (Å²) in [6.45, 7) is 4.28. The number of anilines is 3. The van der Waals surface area contributed by atoms with Crippen molar-refractivity contribution in [2.24, 2.45) is 0 Å². The number of nitrogens with zero attached hydrogens (tertiary/aromatic N) is 1. The molecule has 0 aliphatic carbocycles. The number of benzene rings is 2. The molecule has 0 radical (unpaired) electrons. The maximum Gasteiger partial charge on any atom is 0.207 e. The first-order valence-corrected chi connectivity index (χ1v) is 7.26. The molecule has 21 heavy (non-hydrogen) atoms. The van der Waals surface area contributed by atoms with Gasteiger partial charge in [-0.25, -0.2) is 0 Å². The molecule has 104 valence electrons. The van der Waals surface area contributed by atoms with E-state index in [1.54, 1.807) is 6.26 Å². The van der Waals surface area contributed by atoms with E-state index < -0.39 is 0 Å². The summed E-state index contributed by atoms with van der Waals surface area (Å²) in [6, 6.07) is 17.2. The fourth-order valence-electron chi connectivity index (χ4n) is 3.15. The number of furan rings is 1. The van der Waals surface area contributed by atoms with Gasteiger partial charge >= 0.3 is 0 Å². The maximum atomic E-state index is 5.79. The molecule has 0 N–H and O–H groups in total. The van der Waals surface area contributed by atoms with Crippen LogP contribution in [0.2, 0.25) is 0 Å². The number of para-hydroxylation sites is 1. The molecular weight excluding hydrogens is 258 g/mol. The standard InChI is InChI=1S/C19H17NO/c1-13-7-8-17(14(2)11-13)20-18-6-4-3-5-15(18)12-16-9-10-21-19(16)20/h3-11H,12H2,1-2H3. The van der Waals surface area contributed by atoms with E-state index in [-0.39, 0.29) is 0 Å². The molecule has 0 unspecified atom stereocenters. The van der Waals surface area contributed by atoms with Crippen LogP contribution in [-0.4, -0.2) is 0 Å². The Morgan fingerprint density at radius 3 is 2.62 bits per heavy atom. The molecule has 0 bridgehead atoms. The Hall–Kier alpha value is -2.48. The van der Waals surface area contributed by atoms with Gasteiger partial charge in [0.2, 0.25) is 5.88 Å². The van der Waals surface area contributed by atoms with E-state index >= 15 is 0 Å². The monoisotopic (exact) mass is 275 g/mol. The van der Waals surface area contributed by atoms with Crippen LogP contribution in [0, 0.1) is 13.8 Å². The zero-order valence-corrected chi connectivity index (χ0v) is 12.3. The molecule has 2 nitrogen and oxygen atoms in total. The summed E-state index contributed by atoms with van der Waals surface area (Å²) in [6.07, 6.45) is 2.72. The number of hydrogen-bond acceptors (Lipinski definition) is 2. The summed E-state index contributed by atoms with van der Waals surface area (Å²) in [7, 11) is 0. The fourth-order valence-corrected chi connectivity index (χ4v) is 3.15. The van der Waals surface area contributed by atoms with E-state index in [1.807, 2.05) is 0 Å². The molecular formula is C19H17NO. The third-order valence-electron chi connectivity index (χ3n) is 4.13. The second-order valence-electron chi connectivity index (χ2n) is 5.68. The van der Waals surface area contributed by atoms with Crippen LogP contribution in [0.5, 0.6) is 0 Å². The molecule has 0 atom stereocenters. The van der Waals surface area contributed by atoms with E-state index in [2.05, 4.69) is 67.3 Å². The van der Waals surface area contributed by atoms with Gasteiger partial charge in [-0.15, -0.1) is 0 Å². The van der Waals surface area contributed by atoms with Crippen molar-refractivity contribution < 1.29 is 4.42 Å². The highest BCUT2D eigenvalue weighted by atomic mass is 16.3. The van der Waals surface area contributed by atoms with Crippen LogP contribution in [0.25, 0.3) is 0 Å². The summed E-state index contributed by atoms with van der Waals surface area (Å²) >= 11 is 0. The van der Waals surface area contributed by atoms with Crippen LogP contribution in [0.1, 0.15) is 22.3 Å². The van der Waals surface area contributed by atoms with Gasteiger partial charge in [-0.3, -0.25) is 4.90 Å². The Morgan fingerprint density at radius 2 is 1.76 bits per heavy atom. The van der Waals surface area contributed by atoms with E-state index in [0.717, 1.165) is 12.3 Å². The van der Waals surface area contributed by atoms with Crippen molar-refractivity contribution >= 4 is 17.3 Å². The van der Waals surface area contributed by atoms with Gasteiger partial charge in [0, 0.05) is 12.0 Å². The summed E-state index contributed by atoms with van der Waals surface area (Å²) in [5, 5.41) is 0. The van der Waals surface area contributed by atoms with Gasteiger partial charge < -0.3 is 4.42 Å². The van der Waals surface area contributed by atoms with Crippen molar-refractivity contribution in [3.8, 4) is 0 Å². The van der Waals surface area contributed by atoms with Gasteiger partial charge in [0.15, 0.2) is 0 Å². The van der Waals surface area contributed by atoms with Gasteiger partial charge in [0.05, 0.1) is 17.6 Å². The number of hydrogen-bond donors (Lipinski definition) is 0. The summed E-state index contributed by atoms with van der Waals surface area (Å²) in [5.74, 6) is 0.945. The zero-order valence-electron chi connectivity index (χ0n) is 12.3. The average molecular weight is 275 g/mol. The van der Waals surface area contributed by atoms with Crippen LogP contribution >= 0.6 is 0 Å². The van der Waals surface area contributed by atoms with Crippen LogP contribution in [0.4, 0.5) is 17.3 Å². The first kappa shape index (κ1) is 12.3. The van der Waals surface area contributed by atoms with Gasteiger partial charge in [-0.1, -0.05) is 35.9 Å². The van der Waals surface area contributed by atoms with Crippen molar-refractivity contribution in [3.05, 3.63) is 77.0 Å². The molecule has 4 rings (SSSR count). The molecule has 1 aliphatic heterocycles. The van der Waals surface area contributed by atoms with Crippen molar-refractivity contribution in [2.45, 2.75) is 20.3 Å². The molecule has 0 saturated heterocycles. The molecule has 0 spiro atoms. The molecule has 0 amide bonds. The lowest BCUT2D eigenvalue weighted by molar-refractivity contribution is 0.569. The quantitative estimate of drug-likeness (QED) is 0.470. The van der Waals surface area contributed by atoms with E-state index in [1.165, 1.54) is 33.6 Å². The largest absolute Gasteiger partial charge is 0.448 e. The fraction of sp³-hybridized carbons (Fsp3) is 0.158. The van der Waals surface area contributed by atoms with Crippen molar-refractivity contribution in [3.63, 3.8) is 0 Å². The van der Waals surface area contributed by atoms with Crippen LogP contribution in [0.3, 0.4) is 0 Å². The third kappa shape index (κ3) is 1.87. The van der Waals surface area contributed by atoms with Gasteiger partial charge in [0.25, 0.3) is 0 Å². The van der Waals surface area contributed by atoms with Crippen LogP contribution < -0.4 is 4.90 Å². The predicted molar refractivity (Wildman–Crippen MR) is 85.7 cm³/mol. The minimum Gasteiger partial charge on any atom is -0.448 e. The minimum atomic E-state index is 0.934. The normalized spacial score (nSPS) is 13.0. The summed E-state index contributed by atoms with van der Waals surface area (Å²) in [4.78, 5) is 2.24. The van der Waals surface area contributed by atoms with Crippen LogP contribution in [0.15, 0.2) is 59.2 Å². The molecule has 1 aromatic heterocycles. The minimum absolute atomic E-state index is 0.934. The molecule has 0 fully saturated rings. The highest BCUT2D eigenvalue weighted by Gasteiger charge is 2.27. The number of rotatable bonds is 1. The Labute approximate surface area is 124 Å². The molecule has 3 aromatic rings. The molecule has 1 aliphatic rings. The van der Waals surface area contributed by atoms with E-state index in [0.29, 0.717) is 0 Å². The molecule has 2 aromatic carbocycles. The highest BCUT2D eigenvalue weighted by Crippen LogP contribution is 2.45. The lowest BCUT2D eigenvalue weighted by Gasteiger charge is -2.31. The Morgan fingerprint density at radius 1 is 0.905 bits per heavy atom. The van der Waals surface area contributed by atoms with Crippen molar-refractivity contribution in [1.82, 2.24) is 0 Å². The third-order valence-corrected chi connectivity index (χ3v) is 4.13. The van der Waals surface area contributed by atoms with E-state index in [9.17, 15) is 0 Å². The predicted octanol–water partition coefficient (Wildman–Crippen LogP) is 5.27. The van der Waals surface area contributed by atoms with Crippen molar-refractivity contribution in [1.29, 1.82) is 0 Å². The second kappa shape index (κ2) is 4.52. The van der Waals surface area contributed by atoms with Gasteiger partial charge in [0.1, 0.15) is 0 Å². The van der Waals surface area contributed by atoms with Crippen LogP contribution in [-0.2, 0) is 6.42 Å². The first-order chi connectivity index (χ1) is 10.2.